The standard InChI is InChI=1S/C11H20N4O/c1-4-5-6-10(16)7-14(2)8-11-12-9-13-15(11)3/h4,9-10,16H,1,5-8H2,2-3H3. The molecule has 1 unspecified atom stereocenters. The molecule has 5 heteroatoms. The van der Waals surface area contributed by atoms with Crippen molar-refractivity contribution in [3.05, 3.63) is 24.8 Å². The predicted octanol–water partition coefficient (Wildman–Crippen LogP) is 0.574. The van der Waals surface area contributed by atoms with E-state index in [1.165, 1.54) is 6.33 Å². The van der Waals surface area contributed by atoms with Crippen LogP contribution >= 0.6 is 0 Å². The SMILES string of the molecule is C=CCCC(O)CN(C)Cc1ncnn1C. The van der Waals surface area contributed by atoms with Crippen molar-refractivity contribution in [2.75, 3.05) is 13.6 Å². The zero-order chi connectivity index (χ0) is 12.0. The molecule has 1 heterocycles. The minimum absolute atomic E-state index is 0.309. The fourth-order valence-electron chi connectivity index (χ4n) is 1.53. The maximum absolute atomic E-state index is 9.72. The van der Waals surface area contributed by atoms with Crippen LogP contribution in [0.15, 0.2) is 19.0 Å². The number of hydrogen-bond donors (Lipinski definition) is 1. The number of likely N-dealkylation sites (N-methyl/N-ethyl adjacent to an activating group) is 1. The van der Waals surface area contributed by atoms with Gasteiger partial charge in [0.15, 0.2) is 0 Å². The van der Waals surface area contributed by atoms with Crippen LogP contribution in [0.25, 0.3) is 0 Å². The zero-order valence-electron chi connectivity index (χ0n) is 10.0. The number of aromatic nitrogens is 3. The molecule has 0 bridgehead atoms. The Bertz CT molecular complexity index is 324. The number of nitrogens with zero attached hydrogens (tertiary/aromatic N) is 4. The normalized spacial score (nSPS) is 13.0. The Morgan fingerprint density at radius 3 is 3.00 bits per heavy atom. The van der Waals surface area contributed by atoms with Crippen molar-refractivity contribution >= 4 is 0 Å². The summed E-state index contributed by atoms with van der Waals surface area (Å²) >= 11 is 0. The van der Waals surface area contributed by atoms with Gasteiger partial charge < -0.3 is 5.11 Å². The quantitative estimate of drug-likeness (QED) is 0.688. The molecule has 1 aromatic rings. The Balaban J connectivity index is 2.33. The fourth-order valence-corrected chi connectivity index (χ4v) is 1.53. The summed E-state index contributed by atoms with van der Waals surface area (Å²) < 4.78 is 1.74. The maximum atomic E-state index is 9.72. The Morgan fingerprint density at radius 1 is 1.69 bits per heavy atom. The molecule has 0 aliphatic rings. The molecule has 90 valence electrons. The highest BCUT2D eigenvalue weighted by Gasteiger charge is 2.10. The van der Waals surface area contributed by atoms with Crippen LogP contribution in [0.1, 0.15) is 18.7 Å². The van der Waals surface area contributed by atoms with Crippen LogP contribution in [0.4, 0.5) is 0 Å². The third-order valence-corrected chi connectivity index (χ3v) is 2.44. The number of hydrogen-bond acceptors (Lipinski definition) is 4. The van der Waals surface area contributed by atoms with E-state index in [2.05, 4.69) is 16.7 Å². The molecule has 1 atom stereocenters. The summed E-state index contributed by atoms with van der Waals surface area (Å²) in [4.78, 5) is 6.18. The van der Waals surface area contributed by atoms with Crippen molar-refractivity contribution in [1.82, 2.24) is 19.7 Å². The Hall–Kier alpha value is -1.20. The Labute approximate surface area is 96.4 Å². The molecule has 0 radical (unpaired) electrons. The summed E-state index contributed by atoms with van der Waals surface area (Å²) in [6.45, 7) is 4.97. The molecular formula is C11H20N4O. The van der Waals surface area contributed by atoms with Crippen molar-refractivity contribution < 1.29 is 5.11 Å². The van der Waals surface area contributed by atoms with Crippen LogP contribution in [0.5, 0.6) is 0 Å². The van der Waals surface area contributed by atoms with Crippen LogP contribution in [0.3, 0.4) is 0 Å². The highest BCUT2D eigenvalue weighted by Crippen LogP contribution is 2.02. The molecule has 5 nitrogen and oxygen atoms in total. The van der Waals surface area contributed by atoms with Crippen LogP contribution in [0, 0.1) is 0 Å². The van der Waals surface area contributed by atoms with Crippen molar-refractivity contribution in [2.45, 2.75) is 25.5 Å². The van der Waals surface area contributed by atoms with Gasteiger partial charge in [-0.05, 0) is 19.9 Å². The van der Waals surface area contributed by atoms with Gasteiger partial charge in [-0.3, -0.25) is 9.58 Å². The first kappa shape index (κ1) is 12.9. The van der Waals surface area contributed by atoms with E-state index in [1.54, 1.807) is 4.68 Å². The van der Waals surface area contributed by atoms with Gasteiger partial charge in [-0.1, -0.05) is 6.08 Å². The molecule has 0 fully saturated rings. The lowest BCUT2D eigenvalue weighted by atomic mass is 10.2. The van der Waals surface area contributed by atoms with E-state index in [4.69, 9.17) is 0 Å². The van der Waals surface area contributed by atoms with E-state index >= 15 is 0 Å². The summed E-state index contributed by atoms with van der Waals surface area (Å²) in [5, 5.41) is 13.7. The van der Waals surface area contributed by atoms with E-state index in [-0.39, 0.29) is 6.10 Å². The van der Waals surface area contributed by atoms with Gasteiger partial charge >= 0.3 is 0 Å². The van der Waals surface area contributed by atoms with Crippen molar-refractivity contribution in [3.8, 4) is 0 Å². The molecule has 0 saturated carbocycles. The predicted molar refractivity (Wildman–Crippen MR) is 62.8 cm³/mol. The largest absolute Gasteiger partial charge is 0.392 e. The summed E-state index contributed by atoms with van der Waals surface area (Å²) in [7, 11) is 3.83. The van der Waals surface area contributed by atoms with Gasteiger partial charge in [0, 0.05) is 13.6 Å². The van der Waals surface area contributed by atoms with E-state index in [0.717, 1.165) is 18.7 Å². The molecular weight excluding hydrogens is 204 g/mol. The first-order valence-corrected chi connectivity index (χ1v) is 5.44. The number of aliphatic hydroxyl groups is 1. The molecule has 1 rings (SSSR count). The van der Waals surface area contributed by atoms with E-state index in [0.29, 0.717) is 13.1 Å². The fraction of sp³-hybridized carbons (Fsp3) is 0.636. The smallest absolute Gasteiger partial charge is 0.140 e. The highest BCUT2D eigenvalue weighted by molar-refractivity contribution is 4.83. The minimum Gasteiger partial charge on any atom is -0.392 e. The van der Waals surface area contributed by atoms with E-state index < -0.39 is 0 Å². The summed E-state index contributed by atoms with van der Waals surface area (Å²) in [6.07, 6.45) is 4.66. The van der Waals surface area contributed by atoms with Gasteiger partial charge in [-0.2, -0.15) is 5.10 Å². The monoisotopic (exact) mass is 224 g/mol. The highest BCUT2D eigenvalue weighted by atomic mass is 16.3. The number of aliphatic hydroxyl groups excluding tert-OH is 1. The zero-order valence-corrected chi connectivity index (χ0v) is 10.0. The van der Waals surface area contributed by atoms with E-state index in [9.17, 15) is 5.11 Å². The third kappa shape index (κ3) is 4.12. The molecule has 1 aromatic heterocycles. The first-order chi connectivity index (χ1) is 7.63. The van der Waals surface area contributed by atoms with Crippen LogP contribution in [-0.4, -0.2) is 44.5 Å². The van der Waals surface area contributed by atoms with Gasteiger partial charge in [-0.25, -0.2) is 4.98 Å². The molecule has 0 aliphatic carbocycles. The molecule has 0 aliphatic heterocycles. The topological polar surface area (TPSA) is 54.2 Å². The lowest BCUT2D eigenvalue weighted by molar-refractivity contribution is 0.114. The number of rotatable bonds is 7. The lowest BCUT2D eigenvalue weighted by Crippen LogP contribution is -2.29. The van der Waals surface area contributed by atoms with Gasteiger partial charge in [0.05, 0.1) is 12.6 Å². The minimum atomic E-state index is -0.309. The van der Waals surface area contributed by atoms with Crippen molar-refractivity contribution in [1.29, 1.82) is 0 Å². The van der Waals surface area contributed by atoms with Gasteiger partial charge in [0.2, 0.25) is 0 Å². The summed E-state index contributed by atoms with van der Waals surface area (Å²) in [5.74, 6) is 0.901. The average molecular weight is 224 g/mol. The molecule has 1 N–H and O–H groups in total. The average Bonchev–Trinajstić information content (AvgIpc) is 2.61. The molecule has 16 heavy (non-hydrogen) atoms. The van der Waals surface area contributed by atoms with Crippen molar-refractivity contribution in [3.63, 3.8) is 0 Å². The Kier molecular flexibility index (Phi) is 5.14. The maximum Gasteiger partial charge on any atom is 0.140 e. The number of aryl methyl sites for hydroxylation is 1. The Morgan fingerprint density at radius 2 is 2.44 bits per heavy atom. The molecule has 0 aromatic carbocycles. The van der Waals surface area contributed by atoms with Gasteiger partial charge in [0.1, 0.15) is 12.2 Å². The van der Waals surface area contributed by atoms with Crippen LogP contribution in [-0.2, 0) is 13.6 Å². The van der Waals surface area contributed by atoms with Crippen LogP contribution < -0.4 is 0 Å². The second kappa shape index (κ2) is 6.40. The number of allylic oxidation sites excluding steroid dienone is 1. The van der Waals surface area contributed by atoms with Gasteiger partial charge in [0.25, 0.3) is 0 Å². The first-order valence-electron chi connectivity index (χ1n) is 5.44. The summed E-state index contributed by atoms with van der Waals surface area (Å²) in [5.41, 5.74) is 0. The second-order valence-corrected chi connectivity index (χ2v) is 4.02. The van der Waals surface area contributed by atoms with E-state index in [1.807, 2.05) is 25.1 Å². The molecule has 0 spiro atoms. The van der Waals surface area contributed by atoms with Crippen LogP contribution in [0.2, 0.25) is 0 Å². The van der Waals surface area contributed by atoms with Gasteiger partial charge in [-0.15, -0.1) is 6.58 Å². The third-order valence-electron chi connectivity index (χ3n) is 2.44. The molecule has 0 amide bonds. The second-order valence-electron chi connectivity index (χ2n) is 4.02. The summed E-state index contributed by atoms with van der Waals surface area (Å²) in [6, 6.07) is 0. The lowest BCUT2D eigenvalue weighted by Gasteiger charge is -2.19. The molecule has 0 saturated heterocycles. The van der Waals surface area contributed by atoms with Crippen molar-refractivity contribution in [2.24, 2.45) is 7.05 Å².